The fourth-order valence-corrected chi connectivity index (χ4v) is 2.64. The Morgan fingerprint density at radius 2 is 1.95 bits per heavy atom. The van der Waals surface area contributed by atoms with Crippen LogP contribution in [0.4, 0.5) is 0 Å². The Morgan fingerprint density at radius 3 is 2.71 bits per heavy atom. The number of allylic oxidation sites excluding steroid dienone is 1. The average Bonchev–Trinajstić information content (AvgIpc) is 2.48. The molecule has 2 nitrogen and oxygen atoms in total. The number of aromatic nitrogens is 1. The fraction of sp³-hybridized carbons (Fsp3) is 0.105. The van der Waals surface area contributed by atoms with Crippen molar-refractivity contribution in [1.29, 1.82) is 0 Å². The van der Waals surface area contributed by atoms with Gasteiger partial charge in [0.15, 0.2) is 5.43 Å². The molecule has 1 unspecified atom stereocenters. The normalized spacial score (nSPS) is 12.2. The number of fused-ring (bicyclic) bond motifs is 1. The van der Waals surface area contributed by atoms with Crippen LogP contribution in [0.2, 0.25) is 0 Å². The van der Waals surface area contributed by atoms with E-state index in [1.54, 1.807) is 12.1 Å². The number of aryl methyl sites for hydroxylation is 1. The molecule has 1 aromatic rings. The first-order chi connectivity index (χ1) is 10.2. The van der Waals surface area contributed by atoms with Crippen molar-refractivity contribution in [2.75, 3.05) is 0 Å². The second kappa shape index (κ2) is 5.41. The van der Waals surface area contributed by atoms with Crippen LogP contribution in [0.15, 0.2) is 78.4 Å². The summed E-state index contributed by atoms with van der Waals surface area (Å²) in [6.07, 6.45) is 5.99. The van der Waals surface area contributed by atoms with E-state index in [0.29, 0.717) is 0 Å². The predicted molar refractivity (Wildman–Crippen MR) is 86.8 cm³/mol. The second-order valence-electron chi connectivity index (χ2n) is 5.28. The van der Waals surface area contributed by atoms with Crippen LogP contribution in [0.5, 0.6) is 0 Å². The van der Waals surface area contributed by atoms with E-state index in [1.165, 1.54) is 11.1 Å². The topological polar surface area (TPSA) is 22.0 Å². The van der Waals surface area contributed by atoms with Crippen LogP contribution in [-0.4, -0.2) is 4.57 Å². The maximum absolute atomic E-state index is 11.4. The number of nitrogens with zero attached hydrogens (tertiary/aromatic N) is 1. The summed E-state index contributed by atoms with van der Waals surface area (Å²) in [4.78, 5) is 11.4. The highest BCUT2D eigenvalue weighted by Crippen LogP contribution is 2.25. The molecule has 1 heterocycles. The molecule has 0 fully saturated rings. The number of benzene rings is 2. The van der Waals surface area contributed by atoms with Crippen LogP contribution in [0, 0.1) is 6.92 Å². The van der Waals surface area contributed by atoms with Crippen molar-refractivity contribution in [2.24, 2.45) is 0 Å². The molecular formula is C19H17NO. The van der Waals surface area contributed by atoms with E-state index in [-0.39, 0.29) is 11.5 Å². The molecule has 3 rings (SSSR count). The summed E-state index contributed by atoms with van der Waals surface area (Å²) in [5.74, 6) is 0. The van der Waals surface area contributed by atoms with Gasteiger partial charge in [0.1, 0.15) is 0 Å². The van der Waals surface area contributed by atoms with Crippen molar-refractivity contribution in [3.05, 3.63) is 94.9 Å². The largest absolute Gasteiger partial charge is 0.343 e. The minimum absolute atomic E-state index is 0.0409. The molecule has 2 heteroatoms. The minimum Gasteiger partial charge on any atom is -0.343 e. The van der Waals surface area contributed by atoms with Gasteiger partial charge in [-0.25, -0.2) is 0 Å². The highest BCUT2D eigenvalue weighted by molar-refractivity contribution is 5.63. The molecule has 0 N–H and O–H groups in total. The predicted octanol–water partition coefficient (Wildman–Crippen LogP) is 4.04. The van der Waals surface area contributed by atoms with Crippen LogP contribution < -0.4 is 5.43 Å². The van der Waals surface area contributed by atoms with Gasteiger partial charge in [0.05, 0.1) is 6.04 Å². The standard InChI is InChI=1S/C19H17NO/c1-3-19(16-6-4-5-14(2)11-16)20-10-9-15-12-18(21)8-7-17(15)13-20/h3-13,19H,1H2,2H3. The van der Waals surface area contributed by atoms with Crippen LogP contribution in [0.25, 0.3) is 11.1 Å². The molecule has 104 valence electrons. The molecule has 0 saturated carbocycles. The molecule has 1 atom stereocenters. The maximum atomic E-state index is 11.4. The van der Waals surface area contributed by atoms with Gasteiger partial charge in [-0.1, -0.05) is 35.9 Å². The van der Waals surface area contributed by atoms with Gasteiger partial charge < -0.3 is 4.57 Å². The molecule has 21 heavy (non-hydrogen) atoms. The number of hydrogen-bond acceptors (Lipinski definition) is 1. The zero-order valence-electron chi connectivity index (χ0n) is 12.0. The molecule has 0 radical (unpaired) electrons. The molecule has 1 aromatic carbocycles. The molecule has 2 aliphatic rings. The average molecular weight is 275 g/mol. The van der Waals surface area contributed by atoms with Gasteiger partial charge in [-0.2, -0.15) is 0 Å². The summed E-state index contributed by atoms with van der Waals surface area (Å²) >= 11 is 0. The van der Waals surface area contributed by atoms with Crippen molar-refractivity contribution < 1.29 is 0 Å². The van der Waals surface area contributed by atoms with Crippen LogP contribution in [0.3, 0.4) is 0 Å². The Morgan fingerprint density at radius 1 is 1.10 bits per heavy atom. The molecular weight excluding hydrogens is 258 g/mol. The first-order valence-electron chi connectivity index (χ1n) is 6.98. The number of hydrogen-bond donors (Lipinski definition) is 0. The lowest BCUT2D eigenvalue weighted by molar-refractivity contribution is 0.695. The molecule has 0 amide bonds. The fourth-order valence-electron chi connectivity index (χ4n) is 2.64. The van der Waals surface area contributed by atoms with E-state index in [2.05, 4.69) is 48.5 Å². The lowest BCUT2D eigenvalue weighted by Gasteiger charge is -2.20. The van der Waals surface area contributed by atoms with Gasteiger partial charge in [0.2, 0.25) is 0 Å². The van der Waals surface area contributed by atoms with Gasteiger partial charge in [-0.05, 0) is 47.9 Å². The Labute approximate surface area is 124 Å². The van der Waals surface area contributed by atoms with E-state index < -0.39 is 0 Å². The molecule has 1 aliphatic carbocycles. The van der Waals surface area contributed by atoms with E-state index >= 15 is 0 Å². The third-order valence-electron chi connectivity index (χ3n) is 3.70. The van der Waals surface area contributed by atoms with Crippen LogP contribution in [0.1, 0.15) is 17.2 Å². The van der Waals surface area contributed by atoms with E-state index in [9.17, 15) is 4.79 Å². The van der Waals surface area contributed by atoms with Crippen molar-refractivity contribution in [1.82, 2.24) is 4.57 Å². The molecule has 0 aromatic heterocycles. The highest BCUT2D eigenvalue weighted by atomic mass is 16.1. The van der Waals surface area contributed by atoms with Crippen molar-refractivity contribution in [3.63, 3.8) is 0 Å². The lowest BCUT2D eigenvalue weighted by atomic mass is 10.0. The summed E-state index contributed by atoms with van der Waals surface area (Å²) in [6.45, 7) is 6.05. The Balaban J connectivity index is 2.10. The quantitative estimate of drug-likeness (QED) is 0.661. The Kier molecular flexibility index (Phi) is 3.44. The molecule has 1 aliphatic heterocycles. The van der Waals surface area contributed by atoms with Gasteiger partial charge in [-0.15, -0.1) is 6.58 Å². The first kappa shape index (κ1) is 13.4. The van der Waals surface area contributed by atoms with Crippen LogP contribution in [-0.2, 0) is 0 Å². The maximum Gasteiger partial charge on any atom is 0.179 e. The van der Waals surface area contributed by atoms with E-state index in [0.717, 1.165) is 11.1 Å². The van der Waals surface area contributed by atoms with E-state index in [1.807, 2.05) is 24.4 Å². The van der Waals surface area contributed by atoms with Crippen molar-refractivity contribution >= 4 is 0 Å². The smallest absolute Gasteiger partial charge is 0.179 e. The Bertz CT molecular complexity index is 816. The summed E-state index contributed by atoms with van der Waals surface area (Å²) in [5, 5.41) is 0. The van der Waals surface area contributed by atoms with Gasteiger partial charge in [-0.3, -0.25) is 4.79 Å². The summed E-state index contributed by atoms with van der Waals surface area (Å²) < 4.78 is 2.12. The Hall–Kier alpha value is -2.61. The zero-order valence-corrected chi connectivity index (χ0v) is 12.0. The monoisotopic (exact) mass is 275 g/mol. The van der Waals surface area contributed by atoms with Crippen molar-refractivity contribution in [3.8, 4) is 11.1 Å². The molecule has 0 saturated heterocycles. The number of pyridine rings is 1. The van der Waals surface area contributed by atoms with Gasteiger partial charge in [0, 0.05) is 12.4 Å². The minimum atomic E-state index is 0.0409. The highest BCUT2D eigenvalue weighted by Gasteiger charge is 2.10. The van der Waals surface area contributed by atoms with Crippen LogP contribution >= 0.6 is 0 Å². The summed E-state index contributed by atoms with van der Waals surface area (Å²) in [5.41, 5.74) is 4.49. The van der Waals surface area contributed by atoms with E-state index in [4.69, 9.17) is 0 Å². The lowest BCUT2D eigenvalue weighted by Crippen LogP contribution is -2.09. The third-order valence-corrected chi connectivity index (χ3v) is 3.70. The van der Waals surface area contributed by atoms with Crippen molar-refractivity contribution in [2.45, 2.75) is 13.0 Å². The molecule has 0 bridgehead atoms. The van der Waals surface area contributed by atoms with Gasteiger partial charge in [0.25, 0.3) is 0 Å². The first-order valence-corrected chi connectivity index (χ1v) is 6.98. The number of rotatable bonds is 3. The van der Waals surface area contributed by atoms with Gasteiger partial charge >= 0.3 is 0 Å². The SMILES string of the molecule is C=CC(c1cccc(C)c1)n1ccc2cc(=O)ccc-2c1. The molecule has 0 spiro atoms. The summed E-state index contributed by atoms with van der Waals surface area (Å²) in [7, 11) is 0. The summed E-state index contributed by atoms with van der Waals surface area (Å²) in [6, 6.07) is 15.6. The zero-order chi connectivity index (χ0) is 14.8. The second-order valence-corrected chi connectivity index (χ2v) is 5.28. The third kappa shape index (κ3) is 2.65.